The van der Waals surface area contributed by atoms with E-state index in [1.807, 2.05) is 25.2 Å². The van der Waals surface area contributed by atoms with Gasteiger partial charge in [-0.15, -0.1) is 11.3 Å². The molecule has 4 heteroatoms. The van der Waals surface area contributed by atoms with Crippen molar-refractivity contribution in [1.82, 2.24) is 5.32 Å². The van der Waals surface area contributed by atoms with E-state index >= 15 is 0 Å². The molecule has 1 heterocycles. The minimum absolute atomic E-state index is 0.0690. The second-order valence-electron chi connectivity index (χ2n) is 4.79. The third-order valence-corrected chi connectivity index (χ3v) is 4.83. The third kappa shape index (κ3) is 2.64. The molecule has 0 aliphatic heterocycles. The van der Waals surface area contributed by atoms with Gasteiger partial charge in [0.25, 0.3) is 0 Å². The quantitative estimate of drug-likeness (QED) is 0.741. The molecule has 3 aromatic rings. The SMILES string of the molecule is CNC(c1ccc(Cl)cc1OC)c1cccc2ccsc12. The van der Waals surface area contributed by atoms with Gasteiger partial charge in [-0.1, -0.05) is 35.9 Å². The molecule has 0 fully saturated rings. The second-order valence-corrected chi connectivity index (χ2v) is 6.15. The number of halogens is 1. The molecule has 21 heavy (non-hydrogen) atoms. The van der Waals surface area contributed by atoms with Crippen molar-refractivity contribution in [1.29, 1.82) is 0 Å². The molecule has 0 aliphatic rings. The predicted molar refractivity (Wildman–Crippen MR) is 90.7 cm³/mol. The van der Waals surface area contributed by atoms with Gasteiger partial charge in [0.15, 0.2) is 0 Å². The van der Waals surface area contributed by atoms with Gasteiger partial charge in [-0.25, -0.2) is 0 Å². The Morgan fingerprint density at radius 2 is 2.00 bits per heavy atom. The van der Waals surface area contributed by atoms with E-state index in [2.05, 4.69) is 35.0 Å². The molecule has 108 valence electrons. The lowest BCUT2D eigenvalue weighted by molar-refractivity contribution is 0.405. The van der Waals surface area contributed by atoms with Gasteiger partial charge in [-0.05, 0) is 41.6 Å². The zero-order chi connectivity index (χ0) is 14.8. The summed E-state index contributed by atoms with van der Waals surface area (Å²) < 4.78 is 6.80. The molecule has 0 bridgehead atoms. The van der Waals surface area contributed by atoms with Crippen LogP contribution in [0, 0.1) is 0 Å². The molecule has 0 spiro atoms. The Hall–Kier alpha value is -1.55. The fourth-order valence-corrected chi connectivity index (χ4v) is 3.75. The maximum absolute atomic E-state index is 6.07. The van der Waals surface area contributed by atoms with E-state index in [0.717, 1.165) is 11.3 Å². The zero-order valence-electron chi connectivity index (χ0n) is 11.9. The van der Waals surface area contributed by atoms with Gasteiger partial charge in [-0.2, -0.15) is 0 Å². The number of fused-ring (bicyclic) bond motifs is 1. The standard InChI is InChI=1S/C17H16ClNOS/c1-19-16(13-7-6-12(18)10-15(13)20-2)14-5-3-4-11-8-9-21-17(11)14/h3-10,16,19H,1-2H3. The Morgan fingerprint density at radius 1 is 1.14 bits per heavy atom. The number of methoxy groups -OCH3 is 1. The number of thiophene rings is 1. The van der Waals surface area contributed by atoms with Crippen LogP contribution in [0.1, 0.15) is 17.2 Å². The molecular formula is C17H16ClNOS. The van der Waals surface area contributed by atoms with Crippen molar-refractivity contribution in [3.05, 3.63) is 64.0 Å². The Morgan fingerprint density at radius 3 is 2.76 bits per heavy atom. The fraction of sp³-hybridized carbons (Fsp3) is 0.176. The summed E-state index contributed by atoms with van der Waals surface area (Å²) in [4.78, 5) is 0. The van der Waals surface area contributed by atoms with Gasteiger partial charge in [0.1, 0.15) is 5.75 Å². The first-order chi connectivity index (χ1) is 10.2. The molecule has 2 aromatic carbocycles. The maximum Gasteiger partial charge on any atom is 0.125 e. The first kappa shape index (κ1) is 14.4. The summed E-state index contributed by atoms with van der Waals surface area (Å²) in [7, 11) is 3.64. The molecule has 1 unspecified atom stereocenters. The van der Waals surface area contributed by atoms with Gasteiger partial charge in [0.05, 0.1) is 13.2 Å². The Labute approximate surface area is 133 Å². The highest BCUT2D eigenvalue weighted by molar-refractivity contribution is 7.17. The van der Waals surface area contributed by atoms with Crippen molar-refractivity contribution in [2.24, 2.45) is 0 Å². The number of ether oxygens (including phenoxy) is 1. The first-order valence-electron chi connectivity index (χ1n) is 6.71. The van der Waals surface area contributed by atoms with Crippen LogP contribution < -0.4 is 10.1 Å². The van der Waals surface area contributed by atoms with E-state index in [0.29, 0.717) is 5.02 Å². The average Bonchev–Trinajstić information content (AvgIpc) is 2.98. The molecular weight excluding hydrogens is 302 g/mol. The highest BCUT2D eigenvalue weighted by atomic mass is 35.5. The Balaban J connectivity index is 2.16. The molecule has 1 N–H and O–H groups in total. The van der Waals surface area contributed by atoms with Crippen molar-refractivity contribution < 1.29 is 4.74 Å². The van der Waals surface area contributed by atoms with Crippen molar-refractivity contribution in [3.8, 4) is 5.75 Å². The van der Waals surface area contributed by atoms with Crippen molar-refractivity contribution in [2.45, 2.75) is 6.04 Å². The summed E-state index contributed by atoms with van der Waals surface area (Å²) in [5.41, 5.74) is 2.34. The molecule has 0 saturated carbocycles. The van der Waals surface area contributed by atoms with Crippen LogP contribution in [0.25, 0.3) is 10.1 Å². The lowest BCUT2D eigenvalue weighted by atomic mass is 9.97. The highest BCUT2D eigenvalue weighted by Gasteiger charge is 2.19. The van der Waals surface area contributed by atoms with Crippen molar-refractivity contribution >= 4 is 33.0 Å². The van der Waals surface area contributed by atoms with E-state index in [4.69, 9.17) is 16.3 Å². The largest absolute Gasteiger partial charge is 0.496 e. The van der Waals surface area contributed by atoms with E-state index < -0.39 is 0 Å². The van der Waals surface area contributed by atoms with Crippen molar-refractivity contribution in [2.75, 3.05) is 14.2 Å². The summed E-state index contributed by atoms with van der Waals surface area (Å²) in [6, 6.07) is 14.4. The van der Waals surface area contributed by atoms with Gasteiger partial charge in [-0.3, -0.25) is 0 Å². The molecule has 0 radical (unpaired) electrons. The molecule has 1 aromatic heterocycles. The van der Waals surface area contributed by atoms with Crippen LogP contribution >= 0.6 is 22.9 Å². The van der Waals surface area contributed by atoms with E-state index in [1.54, 1.807) is 18.4 Å². The topological polar surface area (TPSA) is 21.3 Å². The average molecular weight is 318 g/mol. The number of hydrogen-bond acceptors (Lipinski definition) is 3. The smallest absolute Gasteiger partial charge is 0.125 e. The summed E-state index contributed by atoms with van der Waals surface area (Å²) in [5, 5.41) is 7.47. The maximum atomic E-state index is 6.07. The molecule has 0 amide bonds. The van der Waals surface area contributed by atoms with Crippen molar-refractivity contribution in [3.63, 3.8) is 0 Å². The predicted octanol–water partition coefficient (Wildman–Crippen LogP) is 4.87. The van der Waals surface area contributed by atoms with Crippen LogP contribution in [0.5, 0.6) is 5.75 Å². The second kappa shape index (κ2) is 6.06. The normalized spacial score (nSPS) is 12.5. The van der Waals surface area contributed by atoms with Gasteiger partial charge in [0.2, 0.25) is 0 Å². The highest BCUT2D eigenvalue weighted by Crippen LogP contribution is 2.36. The minimum atomic E-state index is 0.0690. The molecule has 0 saturated heterocycles. The number of benzene rings is 2. The minimum Gasteiger partial charge on any atom is -0.496 e. The first-order valence-corrected chi connectivity index (χ1v) is 7.97. The van der Waals surface area contributed by atoms with Crippen LogP contribution in [0.4, 0.5) is 0 Å². The van der Waals surface area contributed by atoms with Gasteiger partial charge < -0.3 is 10.1 Å². The lowest BCUT2D eigenvalue weighted by Gasteiger charge is -2.20. The van der Waals surface area contributed by atoms with E-state index in [1.165, 1.54) is 15.6 Å². The van der Waals surface area contributed by atoms with Gasteiger partial charge in [0, 0.05) is 15.3 Å². The van der Waals surface area contributed by atoms with Gasteiger partial charge >= 0.3 is 0 Å². The van der Waals surface area contributed by atoms with Crippen LogP contribution in [-0.2, 0) is 0 Å². The summed E-state index contributed by atoms with van der Waals surface area (Å²) in [5.74, 6) is 0.801. The summed E-state index contributed by atoms with van der Waals surface area (Å²) in [6.07, 6.45) is 0. The monoisotopic (exact) mass is 317 g/mol. The van der Waals surface area contributed by atoms with Crippen LogP contribution in [0.2, 0.25) is 5.02 Å². The Bertz CT molecular complexity index is 768. The third-order valence-electron chi connectivity index (χ3n) is 3.62. The van der Waals surface area contributed by atoms with E-state index in [9.17, 15) is 0 Å². The number of hydrogen-bond donors (Lipinski definition) is 1. The molecule has 2 nitrogen and oxygen atoms in total. The van der Waals surface area contributed by atoms with E-state index in [-0.39, 0.29) is 6.04 Å². The van der Waals surface area contributed by atoms with Crippen LogP contribution in [0.3, 0.4) is 0 Å². The summed E-state index contributed by atoms with van der Waals surface area (Å²) in [6.45, 7) is 0. The number of rotatable bonds is 4. The summed E-state index contributed by atoms with van der Waals surface area (Å²) >= 11 is 7.83. The lowest BCUT2D eigenvalue weighted by Crippen LogP contribution is -2.18. The number of nitrogens with one attached hydrogen (secondary N) is 1. The van der Waals surface area contributed by atoms with Crippen LogP contribution in [-0.4, -0.2) is 14.2 Å². The zero-order valence-corrected chi connectivity index (χ0v) is 13.5. The Kier molecular flexibility index (Phi) is 4.15. The van der Waals surface area contributed by atoms with Crippen LogP contribution in [0.15, 0.2) is 47.8 Å². The molecule has 0 aliphatic carbocycles. The fourth-order valence-electron chi connectivity index (χ4n) is 2.65. The molecule has 1 atom stereocenters. The molecule has 3 rings (SSSR count).